The van der Waals surface area contributed by atoms with Crippen LogP contribution in [0.2, 0.25) is 0 Å². The van der Waals surface area contributed by atoms with Gasteiger partial charge in [0.15, 0.2) is 0 Å². The van der Waals surface area contributed by atoms with Crippen molar-refractivity contribution in [3.8, 4) is 0 Å². The number of carbonyl (C=O) groups is 4. The van der Waals surface area contributed by atoms with Crippen LogP contribution in [0.3, 0.4) is 0 Å². The molecule has 0 aliphatic heterocycles. The van der Waals surface area contributed by atoms with Crippen molar-refractivity contribution < 1.29 is 19.2 Å². The molecule has 6 aliphatic rings. The fourth-order valence-electron chi connectivity index (χ4n) is 8.80. The highest BCUT2D eigenvalue weighted by Crippen LogP contribution is 2.91. The lowest BCUT2D eigenvalue weighted by molar-refractivity contribution is -0.358. The average Bonchev–Trinajstić information content (AvgIpc) is 3.19. The second-order valence-electron chi connectivity index (χ2n) is 9.02. The lowest BCUT2D eigenvalue weighted by Gasteiger charge is -2.83. The standard InChI is InChI=1S/C18H18O4/c1-17-9-5-3-7(15(21)13(5)19)11(9)18(17,2)12-8-4-6(10(12)17)14(20)16(8)22/h5-12H,3-4H2,1-2H3/t5-,6+,7+,8-,9?,10?,11?,12?,17?,18?. The fourth-order valence-corrected chi connectivity index (χ4v) is 8.80. The Bertz CT molecular complexity index is 619. The van der Waals surface area contributed by atoms with E-state index < -0.39 is 0 Å². The van der Waals surface area contributed by atoms with Crippen LogP contribution in [-0.2, 0) is 19.2 Å². The molecule has 6 saturated carbocycles. The summed E-state index contributed by atoms with van der Waals surface area (Å²) in [6, 6.07) is 0. The summed E-state index contributed by atoms with van der Waals surface area (Å²) in [6.07, 6.45) is 1.46. The summed E-state index contributed by atoms with van der Waals surface area (Å²) in [4.78, 5) is 48.7. The van der Waals surface area contributed by atoms with Crippen LogP contribution in [0, 0.1) is 58.2 Å². The lowest BCUT2D eigenvalue weighted by Crippen LogP contribution is -2.82. The topological polar surface area (TPSA) is 68.3 Å². The zero-order chi connectivity index (χ0) is 15.3. The zero-order valence-electron chi connectivity index (χ0n) is 12.7. The molecule has 4 nitrogen and oxygen atoms in total. The number of fused-ring (bicyclic) bond motifs is 15. The SMILES string of the molecule is CC12C3C([C@H]4C[C@@H]3C(=O)C4=O)C1(C)C1C2[C@H]2C[C@@H]1C(=O)C2=O. The molecule has 4 bridgehead atoms. The molecule has 0 radical (unpaired) electrons. The van der Waals surface area contributed by atoms with Gasteiger partial charge in [-0.05, 0) is 47.3 Å². The van der Waals surface area contributed by atoms with Crippen molar-refractivity contribution in [2.45, 2.75) is 26.7 Å². The van der Waals surface area contributed by atoms with Crippen LogP contribution in [0.5, 0.6) is 0 Å². The predicted molar refractivity (Wildman–Crippen MR) is 73.4 cm³/mol. The van der Waals surface area contributed by atoms with E-state index in [4.69, 9.17) is 0 Å². The minimum absolute atomic E-state index is 0.00606. The van der Waals surface area contributed by atoms with Gasteiger partial charge >= 0.3 is 0 Å². The quantitative estimate of drug-likeness (QED) is 0.627. The molecule has 0 aromatic carbocycles. The Hall–Kier alpha value is -1.32. The van der Waals surface area contributed by atoms with E-state index in [1.54, 1.807) is 0 Å². The van der Waals surface area contributed by atoms with E-state index in [0.717, 1.165) is 12.8 Å². The van der Waals surface area contributed by atoms with Gasteiger partial charge in [0.25, 0.3) is 0 Å². The first-order valence-corrected chi connectivity index (χ1v) is 8.51. The number of hydrogen-bond donors (Lipinski definition) is 0. The van der Waals surface area contributed by atoms with Crippen LogP contribution in [0.25, 0.3) is 0 Å². The molecule has 114 valence electrons. The minimum atomic E-state index is -0.150. The third-order valence-corrected chi connectivity index (χ3v) is 9.29. The maximum absolute atomic E-state index is 12.2. The van der Waals surface area contributed by atoms with E-state index in [2.05, 4.69) is 13.8 Å². The van der Waals surface area contributed by atoms with Gasteiger partial charge in [-0.2, -0.15) is 0 Å². The van der Waals surface area contributed by atoms with Crippen molar-refractivity contribution in [2.24, 2.45) is 58.2 Å². The molecule has 6 fully saturated rings. The highest BCUT2D eigenvalue weighted by molar-refractivity contribution is 6.42. The average molecular weight is 298 g/mol. The summed E-state index contributed by atoms with van der Waals surface area (Å²) < 4.78 is 0. The molecule has 10 atom stereocenters. The highest BCUT2D eigenvalue weighted by Gasteiger charge is 2.91. The Morgan fingerprint density at radius 3 is 1.05 bits per heavy atom. The van der Waals surface area contributed by atoms with Crippen LogP contribution in [0.1, 0.15) is 26.7 Å². The normalized spacial score (nSPS) is 66.1. The van der Waals surface area contributed by atoms with Gasteiger partial charge in [-0.25, -0.2) is 0 Å². The first-order chi connectivity index (χ1) is 10.3. The summed E-state index contributed by atoms with van der Waals surface area (Å²) in [5.41, 5.74) is -0.0121. The van der Waals surface area contributed by atoms with Crippen molar-refractivity contribution >= 4 is 23.1 Å². The first kappa shape index (κ1) is 12.1. The molecule has 0 amide bonds. The van der Waals surface area contributed by atoms with E-state index in [0.29, 0.717) is 0 Å². The van der Waals surface area contributed by atoms with E-state index in [1.165, 1.54) is 0 Å². The molecule has 0 N–H and O–H groups in total. The first-order valence-electron chi connectivity index (χ1n) is 8.51. The van der Waals surface area contributed by atoms with Gasteiger partial charge in [-0.15, -0.1) is 0 Å². The molecule has 6 unspecified atom stereocenters. The molecular formula is C18H18O4. The molecule has 0 aromatic heterocycles. The Balaban J connectivity index is 1.51. The Morgan fingerprint density at radius 1 is 0.591 bits per heavy atom. The smallest absolute Gasteiger partial charge is 0.202 e. The molecule has 6 rings (SSSR count). The number of carbonyl (C=O) groups excluding carboxylic acids is 4. The third-order valence-electron chi connectivity index (χ3n) is 9.29. The molecule has 6 aliphatic carbocycles. The number of hydrogen-bond acceptors (Lipinski definition) is 4. The second-order valence-corrected chi connectivity index (χ2v) is 9.02. The summed E-state index contributed by atoms with van der Waals surface area (Å²) >= 11 is 0. The molecule has 22 heavy (non-hydrogen) atoms. The summed E-state index contributed by atoms with van der Waals surface area (Å²) in [5, 5.41) is 0. The van der Waals surface area contributed by atoms with Crippen LogP contribution in [0.4, 0.5) is 0 Å². The Morgan fingerprint density at radius 2 is 0.818 bits per heavy atom. The van der Waals surface area contributed by atoms with E-state index in [-0.39, 0.29) is 81.3 Å². The number of ketones is 4. The van der Waals surface area contributed by atoms with E-state index in [9.17, 15) is 19.2 Å². The van der Waals surface area contributed by atoms with Gasteiger partial charge in [0.2, 0.25) is 23.1 Å². The lowest BCUT2D eigenvalue weighted by atomic mass is 9.20. The van der Waals surface area contributed by atoms with Gasteiger partial charge in [0.05, 0.1) is 0 Å². The largest absolute Gasteiger partial charge is 0.291 e. The van der Waals surface area contributed by atoms with Gasteiger partial charge in [-0.1, -0.05) is 13.8 Å². The van der Waals surface area contributed by atoms with Crippen molar-refractivity contribution in [3.05, 3.63) is 0 Å². The van der Waals surface area contributed by atoms with E-state index >= 15 is 0 Å². The maximum atomic E-state index is 12.2. The van der Waals surface area contributed by atoms with Crippen LogP contribution >= 0.6 is 0 Å². The number of rotatable bonds is 0. The van der Waals surface area contributed by atoms with E-state index in [1.807, 2.05) is 0 Å². The number of Topliss-reactive ketones (excluding diaryl/α,β-unsaturated/α-hetero) is 4. The summed E-state index contributed by atoms with van der Waals surface area (Å²) in [6.45, 7) is 4.48. The Kier molecular flexibility index (Phi) is 1.60. The maximum Gasteiger partial charge on any atom is 0.202 e. The van der Waals surface area contributed by atoms with Crippen molar-refractivity contribution in [1.29, 1.82) is 0 Å². The van der Waals surface area contributed by atoms with Gasteiger partial charge in [0.1, 0.15) is 0 Å². The summed E-state index contributed by atoms with van der Waals surface area (Å²) in [7, 11) is 0. The van der Waals surface area contributed by atoms with Gasteiger partial charge < -0.3 is 0 Å². The molecule has 0 aromatic rings. The third kappa shape index (κ3) is 0.760. The van der Waals surface area contributed by atoms with Crippen molar-refractivity contribution in [3.63, 3.8) is 0 Å². The second kappa shape index (κ2) is 2.90. The molecule has 4 heteroatoms. The van der Waals surface area contributed by atoms with Gasteiger partial charge in [-0.3, -0.25) is 19.2 Å². The van der Waals surface area contributed by atoms with Crippen LogP contribution in [-0.4, -0.2) is 23.1 Å². The zero-order valence-corrected chi connectivity index (χ0v) is 12.7. The minimum Gasteiger partial charge on any atom is -0.291 e. The van der Waals surface area contributed by atoms with Crippen molar-refractivity contribution in [2.75, 3.05) is 0 Å². The summed E-state index contributed by atoms with van der Waals surface area (Å²) in [5.74, 6) is 0.190. The monoisotopic (exact) mass is 298 g/mol. The molecule has 0 saturated heterocycles. The molecule has 0 heterocycles. The Labute approximate surface area is 128 Å². The fraction of sp³-hybridized carbons (Fsp3) is 0.778. The highest BCUT2D eigenvalue weighted by atomic mass is 16.2. The van der Waals surface area contributed by atoms with Crippen LogP contribution in [0.15, 0.2) is 0 Å². The van der Waals surface area contributed by atoms with Crippen LogP contribution < -0.4 is 0 Å². The predicted octanol–water partition coefficient (Wildman–Crippen LogP) is 1.07. The van der Waals surface area contributed by atoms with Gasteiger partial charge in [0, 0.05) is 23.7 Å². The molecule has 0 spiro atoms. The van der Waals surface area contributed by atoms with Crippen molar-refractivity contribution in [1.82, 2.24) is 0 Å². The molecular weight excluding hydrogens is 280 g/mol.